The van der Waals surface area contributed by atoms with Crippen LogP contribution < -0.4 is 0 Å². The molecule has 0 unspecified atom stereocenters. The number of allylic oxidation sites excluding steroid dienone is 1. The van der Waals surface area contributed by atoms with Crippen LogP contribution in [0.15, 0.2) is 42.5 Å². The summed E-state index contributed by atoms with van der Waals surface area (Å²) in [5, 5.41) is 0. The Balaban J connectivity index is 2.25. The predicted octanol–water partition coefficient (Wildman–Crippen LogP) is 3.18. The van der Waals surface area contributed by atoms with Crippen molar-refractivity contribution >= 4 is 17.7 Å². The highest BCUT2D eigenvalue weighted by Crippen LogP contribution is 2.22. The second-order valence-corrected chi connectivity index (χ2v) is 5.69. The quantitative estimate of drug-likeness (QED) is 0.452. The Kier molecular flexibility index (Phi) is 6.11. The lowest BCUT2D eigenvalue weighted by molar-refractivity contribution is -0.136. The lowest BCUT2D eigenvalue weighted by Crippen LogP contribution is -2.13. The van der Waals surface area contributed by atoms with Gasteiger partial charge in [-0.15, -0.1) is 0 Å². The molecule has 6 heteroatoms. The van der Waals surface area contributed by atoms with Gasteiger partial charge in [-0.25, -0.2) is 9.59 Å². The summed E-state index contributed by atoms with van der Waals surface area (Å²) in [5.74, 6) is -1.22. The molecule has 0 spiro atoms. The first-order valence-corrected chi connectivity index (χ1v) is 8.09. The summed E-state index contributed by atoms with van der Waals surface area (Å²) in [7, 11) is 1.33. The van der Waals surface area contributed by atoms with Crippen LogP contribution in [0.25, 0.3) is 5.69 Å². The highest BCUT2D eigenvalue weighted by molar-refractivity contribution is 6.00. The van der Waals surface area contributed by atoms with Crippen LogP contribution in [0.3, 0.4) is 0 Å². The molecule has 0 aliphatic carbocycles. The van der Waals surface area contributed by atoms with Crippen molar-refractivity contribution in [2.75, 3.05) is 13.7 Å². The first kappa shape index (κ1) is 19.2. The Morgan fingerprint density at radius 3 is 2.35 bits per heavy atom. The molecule has 0 radical (unpaired) electrons. The van der Waals surface area contributed by atoms with Crippen molar-refractivity contribution in [1.82, 2.24) is 4.57 Å². The topological polar surface area (TPSA) is 74.6 Å². The minimum atomic E-state index is -0.548. The van der Waals surface area contributed by atoms with E-state index in [1.165, 1.54) is 13.2 Å². The standard InChI is InChI=1S/C20H21NO5/c1-5-6-19(23)26-12-18(22)17-11-13(2)21(14(17)3)16-9-7-15(8-10-16)20(24)25-4/h5-11H,12H2,1-4H3/b6-5+. The van der Waals surface area contributed by atoms with Crippen molar-refractivity contribution in [2.45, 2.75) is 20.8 Å². The van der Waals surface area contributed by atoms with E-state index < -0.39 is 11.9 Å². The number of hydrogen-bond acceptors (Lipinski definition) is 5. The molecule has 6 nitrogen and oxygen atoms in total. The third-order valence-electron chi connectivity index (χ3n) is 3.93. The summed E-state index contributed by atoms with van der Waals surface area (Å²) >= 11 is 0. The molecule has 0 aliphatic heterocycles. The van der Waals surface area contributed by atoms with Crippen LogP contribution in [0.5, 0.6) is 0 Å². The number of hydrogen-bond donors (Lipinski definition) is 0. The fourth-order valence-corrected chi connectivity index (χ4v) is 2.71. The average Bonchev–Trinajstić information content (AvgIpc) is 2.94. The summed E-state index contributed by atoms with van der Waals surface area (Å²) in [6, 6.07) is 8.66. The van der Waals surface area contributed by atoms with E-state index in [-0.39, 0.29) is 12.4 Å². The van der Waals surface area contributed by atoms with Crippen molar-refractivity contribution < 1.29 is 23.9 Å². The summed E-state index contributed by atoms with van der Waals surface area (Å²) in [4.78, 5) is 35.3. The van der Waals surface area contributed by atoms with Gasteiger partial charge in [-0.3, -0.25) is 4.79 Å². The highest BCUT2D eigenvalue weighted by atomic mass is 16.5. The fraction of sp³-hybridized carbons (Fsp3) is 0.250. The molecule has 0 saturated carbocycles. The molecular formula is C20H21NO5. The van der Waals surface area contributed by atoms with E-state index in [9.17, 15) is 14.4 Å². The molecule has 0 amide bonds. The molecule has 26 heavy (non-hydrogen) atoms. The van der Waals surface area contributed by atoms with Crippen LogP contribution in [0.1, 0.15) is 39.0 Å². The molecule has 2 rings (SSSR count). The molecule has 0 fully saturated rings. The van der Waals surface area contributed by atoms with Gasteiger partial charge in [0.25, 0.3) is 0 Å². The maximum Gasteiger partial charge on any atom is 0.337 e. The number of ketones is 1. The smallest absolute Gasteiger partial charge is 0.337 e. The molecule has 1 heterocycles. The largest absolute Gasteiger partial charge is 0.465 e. The second-order valence-electron chi connectivity index (χ2n) is 5.69. The molecule has 0 atom stereocenters. The minimum Gasteiger partial charge on any atom is -0.465 e. The summed E-state index contributed by atoms with van der Waals surface area (Å²) in [6.45, 7) is 5.09. The number of aromatic nitrogens is 1. The second kappa shape index (κ2) is 8.29. The van der Waals surface area contributed by atoms with E-state index in [0.29, 0.717) is 11.1 Å². The fourth-order valence-electron chi connectivity index (χ4n) is 2.71. The molecule has 1 aromatic carbocycles. The molecule has 0 N–H and O–H groups in total. The first-order chi connectivity index (χ1) is 12.4. The third kappa shape index (κ3) is 4.08. The van der Waals surface area contributed by atoms with E-state index in [1.54, 1.807) is 43.3 Å². The van der Waals surface area contributed by atoms with E-state index in [1.807, 2.05) is 18.4 Å². The Morgan fingerprint density at radius 2 is 1.77 bits per heavy atom. The van der Waals surface area contributed by atoms with Gasteiger partial charge in [-0.2, -0.15) is 0 Å². The van der Waals surface area contributed by atoms with Gasteiger partial charge in [0.2, 0.25) is 5.78 Å². The van der Waals surface area contributed by atoms with Gasteiger partial charge >= 0.3 is 11.9 Å². The van der Waals surface area contributed by atoms with Gasteiger partial charge in [-0.1, -0.05) is 6.08 Å². The number of ether oxygens (including phenoxy) is 2. The van der Waals surface area contributed by atoms with Crippen LogP contribution in [-0.4, -0.2) is 36.0 Å². The molecule has 136 valence electrons. The van der Waals surface area contributed by atoms with Gasteiger partial charge < -0.3 is 14.0 Å². The molecule has 2 aromatic rings. The Bertz CT molecular complexity index is 859. The van der Waals surface area contributed by atoms with Crippen molar-refractivity contribution in [2.24, 2.45) is 0 Å². The number of rotatable bonds is 6. The van der Waals surface area contributed by atoms with Crippen molar-refractivity contribution in [3.63, 3.8) is 0 Å². The van der Waals surface area contributed by atoms with Gasteiger partial charge in [0, 0.05) is 28.7 Å². The first-order valence-electron chi connectivity index (χ1n) is 8.09. The number of esters is 2. The van der Waals surface area contributed by atoms with E-state index >= 15 is 0 Å². The predicted molar refractivity (Wildman–Crippen MR) is 96.7 cm³/mol. The third-order valence-corrected chi connectivity index (χ3v) is 3.93. The Labute approximate surface area is 152 Å². The lowest BCUT2D eigenvalue weighted by atomic mass is 10.1. The normalized spacial score (nSPS) is 10.8. The number of methoxy groups -OCH3 is 1. The Hall–Kier alpha value is -3.15. The van der Waals surface area contributed by atoms with Gasteiger partial charge in [0.15, 0.2) is 6.61 Å². The SMILES string of the molecule is C/C=C/C(=O)OCC(=O)c1cc(C)n(-c2ccc(C(=O)OC)cc2)c1C. The molecule has 0 bridgehead atoms. The van der Waals surface area contributed by atoms with Crippen molar-refractivity contribution in [3.8, 4) is 5.69 Å². The molecule has 0 aliphatic rings. The van der Waals surface area contributed by atoms with Crippen LogP contribution in [0, 0.1) is 13.8 Å². The number of Topliss-reactive ketones (excluding diaryl/α,β-unsaturated/α-hetero) is 1. The zero-order chi connectivity index (χ0) is 19.3. The summed E-state index contributed by atoms with van der Waals surface area (Å²) < 4.78 is 11.5. The van der Waals surface area contributed by atoms with Crippen molar-refractivity contribution in [1.29, 1.82) is 0 Å². The van der Waals surface area contributed by atoms with E-state index in [0.717, 1.165) is 17.1 Å². The average molecular weight is 355 g/mol. The highest BCUT2D eigenvalue weighted by Gasteiger charge is 2.18. The maximum absolute atomic E-state index is 12.4. The van der Waals surface area contributed by atoms with E-state index in [2.05, 4.69) is 0 Å². The zero-order valence-electron chi connectivity index (χ0n) is 15.2. The van der Waals surface area contributed by atoms with Crippen LogP contribution in [0.4, 0.5) is 0 Å². The summed E-state index contributed by atoms with van der Waals surface area (Å²) in [5.41, 5.74) is 3.35. The molecule has 0 saturated heterocycles. The number of carbonyl (C=O) groups is 3. The number of carbonyl (C=O) groups excluding carboxylic acids is 3. The van der Waals surface area contributed by atoms with Gasteiger partial charge in [0.1, 0.15) is 0 Å². The van der Waals surface area contributed by atoms with Crippen LogP contribution in [-0.2, 0) is 14.3 Å². The number of benzene rings is 1. The maximum atomic E-state index is 12.4. The molecule has 1 aromatic heterocycles. The van der Waals surface area contributed by atoms with Crippen LogP contribution >= 0.6 is 0 Å². The van der Waals surface area contributed by atoms with Gasteiger partial charge in [0.05, 0.1) is 12.7 Å². The number of aryl methyl sites for hydroxylation is 1. The van der Waals surface area contributed by atoms with Gasteiger partial charge in [-0.05, 0) is 51.1 Å². The lowest BCUT2D eigenvalue weighted by Gasteiger charge is -2.10. The monoisotopic (exact) mass is 355 g/mol. The number of nitrogens with zero attached hydrogens (tertiary/aromatic N) is 1. The minimum absolute atomic E-state index is 0.270. The van der Waals surface area contributed by atoms with E-state index in [4.69, 9.17) is 9.47 Å². The summed E-state index contributed by atoms with van der Waals surface area (Å²) in [6.07, 6.45) is 2.82. The van der Waals surface area contributed by atoms with Crippen LogP contribution in [0.2, 0.25) is 0 Å². The van der Waals surface area contributed by atoms with Crippen molar-refractivity contribution in [3.05, 3.63) is 65.0 Å². The zero-order valence-corrected chi connectivity index (χ0v) is 15.2. The molecular weight excluding hydrogens is 334 g/mol. The Morgan fingerprint density at radius 1 is 1.12 bits per heavy atom.